The molecule has 0 unspecified atom stereocenters. The SMILES string of the molecule is C#CCNC(=O)c1ccc(CSc2nc3ccccc3s2)cc1. The van der Waals surface area contributed by atoms with Gasteiger partial charge in [0.2, 0.25) is 0 Å². The van der Waals surface area contributed by atoms with Crippen LogP contribution in [0.5, 0.6) is 0 Å². The molecule has 0 aliphatic heterocycles. The highest BCUT2D eigenvalue weighted by Gasteiger charge is 2.06. The zero-order valence-electron chi connectivity index (χ0n) is 12.3. The molecule has 23 heavy (non-hydrogen) atoms. The number of thiazole rings is 1. The molecule has 0 fully saturated rings. The van der Waals surface area contributed by atoms with E-state index in [1.165, 1.54) is 4.70 Å². The van der Waals surface area contributed by atoms with E-state index < -0.39 is 0 Å². The smallest absolute Gasteiger partial charge is 0.252 e. The fourth-order valence-corrected chi connectivity index (χ4v) is 4.07. The number of aromatic nitrogens is 1. The minimum Gasteiger partial charge on any atom is -0.341 e. The summed E-state index contributed by atoms with van der Waals surface area (Å²) < 4.78 is 2.26. The zero-order valence-corrected chi connectivity index (χ0v) is 13.9. The number of terminal acetylenes is 1. The molecule has 0 saturated carbocycles. The zero-order chi connectivity index (χ0) is 16.1. The Morgan fingerprint density at radius 2 is 2.00 bits per heavy atom. The average Bonchev–Trinajstić information content (AvgIpc) is 3.01. The van der Waals surface area contributed by atoms with E-state index in [4.69, 9.17) is 6.42 Å². The largest absolute Gasteiger partial charge is 0.341 e. The van der Waals surface area contributed by atoms with Crippen LogP contribution in [0, 0.1) is 12.3 Å². The molecule has 0 radical (unpaired) electrons. The van der Waals surface area contributed by atoms with Crippen molar-refractivity contribution >= 4 is 39.2 Å². The number of amides is 1. The normalized spacial score (nSPS) is 10.4. The number of para-hydroxylation sites is 1. The average molecular weight is 338 g/mol. The second-order valence-corrected chi connectivity index (χ2v) is 7.07. The number of nitrogens with one attached hydrogen (secondary N) is 1. The molecule has 0 bridgehead atoms. The van der Waals surface area contributed by atoms with Crippen molar-refractivity contribution < 1.29 is 4.79 Å². The summed E-state index contributed by atoms with van der Waals surface area (Å²) in [6.07, 6.45) is 5.13. The van der Waals surface area contributed by atoms with Gasteiger partial charge in [-0.25, -0.2) is 4.98 Å². The van der Waals surface area contributed by atoms with Crippen LogP contribution in [0.2, 0.25) is 0 Å². The predicted molar refractivity (Wildman–Crippen MR) is 96.8 cm³/mol. The van der Waals surface area contributed by atoms with Crippen LogP contribution in [0.4, 0.5) is 0 Å². The molecule has 1 N–H and O–H groups in total. The van der Waals surface area contributed by atoms with Gasteiger partial charge in [0.05, 0.1) is 16.8 Å². The molecular formula is C18H14N2OS2. The number of carbonyl (C=O) groups excluding carboxylic acids is 1. The number of hydrogen-bond donors (Lipinski definition) is 1. The summed E-state index contributed by atoms with van der Waals surface area (Å²) in [6.45, 7) is 0.244. The van der Waals surface area contributed by atoms with Crippen molar-refractivity contribution in [3.05, 3.63) is 59.7 Å². The van der Waals surface area contributed by atoms with Crippen LogP contribution in [0.1, 0.15) is 15.9 Å². The lowest BCUT2D eigenvalue weighted by molar-refractivity contribution is 0.0958. The first kappa shape index (κ1) is 15.6. The number of fused-ring (bicyclic) bond motifs is 1. The maximum atomic E-state index is 11.8. The van der Waals surface area contributed by atoms with E-state index in [9.17, 15) is 4.79 Å². The second-order valence-electron chi connectivity index (χ2n) is 4.82. The maximum Gasteiger partial charge on any atom is 0.252 e. The van der Waals surface area contributed by atoms with Crippen molar-refractivity contribution in [1.82, 2.24) is 10.3 Å². The van der Waals surface area contributed by atoms with Gasteiger partial charge in [0.1, 0.15) is 0 Å². The summed E-state index contributed by atoms with van der Waals surface area (Å²) in [5, 5.41) is 2.65. The monoisotopic (exact) mass is 338 g/mol. The fourth-order valence-electron chi connectivity index (χ4n) is 2.04. The van der Waals surface area contributed by atoms with E-state index in [2.05, 4.69) is 22.3 Å². The maximum absolute atomic E-state index is 11.8. The van der Waals surface area contributed by atoms with Crippen molar-refractivity contribution in [3.8, 4) is 12.3 Å². The Morgan fingerprint density at radius 1 is 1.22 bits per heavy atom. The van der Waals surface area contributed by atoms with Crippen molar-refractivity contribution in [1.29, 1.82) is 0 Å². The lowest BCUT2D eigenvalue weighted by Gasteiger charge is -2.03. The number of rotatable bonds is 5. The lowest BCUT2D eigenvalue weighted by Crippen LogP contribution is -2.23. The van der Waals surface area contributed by atoms with Gasteiger partial charge in [-0.05, 0) is 29.8 Å². The summed E-state index contributed by atoms with van der Waals surface area (Å²) in [5.74, 6) is 3.07. The number of hydrogen-bond acceptors (Lipinski definition) is 4. The van der Waals surface area contributed by atoms with Gasteiger partial charge in [0, 0.05) is 11.3 Å². The first-order valence-corrected chi connectivity index (χ1v) is 8.85. The van der Waals surface area contributed by atoms with Crippen molar-refractivity contribution in [2.45, 2.75) is 10.1 Å². The Kier molecular flexibility index (Phi) is 4.96. The van der Waals surface area contributed by atoms with Crippen LogP contribution in [-0.2, 0) is 5.75 Å². The molecule has 5 heteroatoms. The Bertz CT molecular complexity index is 830. The van der Waals surface area contributed by atoms with E-state index in [0.717, 1.165) is 21.2 Å². The van der Waals surface area contributed by atoms with Gasteiger partial charge in [-0.3, -0.25) is 4.79 Å². The lowest BCUT2D eigenvalue weighted by atomic mass is 10.1. The number of thioether (sulfide) groups is 1. The summed E-state index contributed by atoms with van der Waals surface area (Å²) in [7, 11) is 0. The Labute approximate surface area is 143 Å². The summed E-state index contributed by atoms with van der Waals surface area (Å²) >= 11 is 3.41. The van der Waals surface area contributed by atoms with Crippen molar-refractivity contribution in [3.63, 3.8) is 0 Å². The van der Waals surface area contributed by atoms with Crippen LogP contribution in [0.25, 0.3) is 10.2 Å². The van der Waals surface area contributed by atoms with Gasteiger partial charge in [-0.2, -0.15) is 0 Å². The van der Waals surface area contributed by atoms with E-state index in [0.29, 0.717) is 5.56 Å². The number of benzene rings is 2. The molecule has 3 rings (SSSR count). The van der Waals surface area contributed by atoms with Crippen LogP contribution in [-0.4, -0.2) is 17.4 Å². The molecule has 114 valence electrons. The molecule has 0 aliphatic carbocycles. The molecular weight excluding hydrogens is 324 g/mol. The molecule has 1 amide bonds. The second kappa shape index (κ2) is 7.32. The van der Waals surface area contributed by atoms with E-state index in [1.807, 2.05) is 42.5 Å². The van der Waals surface area contributed by atoms with Gasteiger partial charge in [0.25, 0.3) is 5.91 Å². The van der Waals surface area contributed by atoms with Crippen molar-refractivity contribution in [2.75, 3.05) is 6.54 Å². The van der Waals surface area contributed by atoms with Gasteiger partial charge in [-0.15, -0.1) is 17.8 Å². The minimum atomic E-state index is -0.145. The first-order chi connectivity index (χ1) is 11.3. The van der Waals surface area contributed by atoms with Crippen LogP contribution in [0.3, 0.4) is 0 Å². The highest BCUT2D eigenvalue weighted by atomic mass is 32.2. The third-order valence-corrected chi connectivity index (χ3v) is 5.45. The number of carbonyl (C=O) groups is 1. The molecule has 1 heterocycles. The van der Waals surface area contributed by atoms with E-state index in [1.54, 1.807) is 23.1 Å². The van der Waals surface area contributed by atoms with Crippen molar-refractivity contribution in [2.24, 2.45) is 0 Å². The topological polar surface area (TPSA) is 42.0 Å². The number of nitrogens with zero attached hydrogens (tertiary/aromatic N) is 1. The molecule has 3 nitrogen and oxygen atoms in total. The van der Waals surface area contributed by atoms with Crippen LogP contribution >= 0.6 is 23.1 Å². The molecule has 0 atom stereocenters. The molecule has 0 saturated heterocycles. The summed E-state index contributed by atoms with van der Waals surface area (Å²) in [4.78, 5) is 16.4. The molecule has 0 aliphatic rings. The van der Waals surface area contributed by atoms with Gasteiger partial charge < -0.3 is 5.32 Å². The van der Waals surface area contributed by atoms with E-state index in [-0.39, 0.29) is 12.5 Å². The fraction of sp³-hybridized carbons (Fsp3) is 0.111. The summed E-state index contributed by atoms with van der Waals surface area (Å²) in [6, 6.07) is 15.7. The third kappa shape index (κ3) is 3.92. The third-order valence-electron chi connectivity index (χ3n) is 3.20. The van der Waals surface area contributed by atoms with Gasteiger partial charge >= 0.3 is 0 Å². The van der Waals surface area contributed by atoms with E-state index >= 15 is 0 Å². The van der Waals surface area contributed by atoms with Crippen LogP contribution in [0.15, 0.2) is 52.9 Å². The van der Waals surface area contributed by atoms with Gasteiger partial charge in [0.15, 0.2) is 4.34 Å². The highest BCUT2D eigenvalue weighted by Crippen LogP contribution is 2.31. The standard InChI is InChI=1S/C18H14N2OS2/c1-2-11-19-17(21)14-9-7-13(8-10-14)12-22-18-20-15-5-3-4-6-16(15)23-18/h1,3-10H,11-12H2,(H,19,21). The predicted octanol–water partition coefficient (Wildman–Crippen LogP) is 3.95. The Morgan fingerprint density at radius 3 is 2.74 bits per heavy atom. The molecule has 2 aromatic carbocycles. The molecule has 0 spiro atoms. The molecule has 1 aromatic heterocycles. The summed E-state index contributed by atoms with van der Waals surface area (Å²) in [5.41, 5.74) is 2.82. The molecule has 3 aromatic rings. The highest BCUT2D eigenvalue weighted by molar-refractivity contribution is 8.00. The Balaban J connectivity index is 1.62. The minimum absolute atomic E-state index is 0.145. The quantitative estimate of drug-likeness (QED) is 0.566. The first-order valence-electron chi connectivity index (χ1n) is 7.05. The van der Waals surface area contributed by atoms with Gasteiger partial charge in [-0.1, -0.05) is 41.9 Å². The Hall–Kier alpha value is -2.29. The van der Waals surface area contributed by atoms with Crippen LogP contribution < -0.4 is 5.32 Å².